The third kappa shape index (κ3) is 5.13. The van der Waals surface area contributed by atoms with E-state index in [1.54, 1.807) is 12.1 Å². The van der Waals surface area contributed by atoms with Crippen LogP contribution in [-0.2, 0) is 16.1 Å². The number of anilines is 1. The number of nitrogens with one attached hydrogen (secondary N) is 1. The molecule has 0 spiro atoms. The molecule has 138 valence electrons. The van der Waals surface area contributed by atoms with E-state index in [9.17, 15) is 14.4 Å². The molecule has 1 atom stereocenters. The van der Waals surface area contributed by atoms with Crippen LogP contribution in [0.15, 0.2) is 35.3 Å². The van der Waals surface area contributed by atoms with Crippen molar-refractivity contribution in [2.45, 2.75) is 39.3 Å². The second kappa shape index (κ2) is 9.10. The van der Waals surface area contributed by atoms with E-state index in [0.29, 0.717) is 12.2 Å². The van der Waals surface area contributed by atoms with Crippen LogP contribution in [0, 0.1) is 0 Å². The Morgan fingerprint density at radius 1 is 1.35 bits per heavy atom. The largest absolute Gasteiger partial charge is 0.448 e. The van der Waals surface area contributed by atoms with E-state index in [1.807, 2.05) is 6.92 Å². The van der Waals surface area contributed by atoms with Crippen LogP contribution in [0.25, 0.3) is 0 Å². The molecule has 1 amide bonds. The Balaban J connectivity index is 2.03. The van der Waals surface area contributed by atoms with Crippen LogP contribution in [0.1, 0.15) is 37.2 Å². The van der Waals surface area contributed by atoms with Crippen LogP contribution in [0.3, 0.4) is 0 Å². The molecular weight excluding hydrogens is 360 g/mol. The van der Waals surface area contributed by atoms with Gasteiger partial charge in [0.25, 0.3) is 11.5 Å². The molecule has 0 aliphatic heterocycles. The summed E-state index contributed by atoms with van der Waals surface area (Å²) in [4.78, 5) is 39.9. The van der Waals surface area contributed by atoms with Crippen LogP contribution >= 0.6 is 11.6 Å². The fourth-order valence-electron chi connectivity index (χ4n) is 2.01. The highest BCUT2D eigenvalue weighted by Crippen LogP contribution is 2.17. The highest BCUT2D eigenvalue weighted by molar-refractivity contribution is 6.32. The highest BCUT2D eigenvalue weighted by atomic mass is 35.5. The first-order valence-electron chi connectivity index (χ1n) is 8.13. The molecule has 0 aromatic carbocycles. The maximum atomic E-state index is 12.2. The van der Waals surface area contributed by atoms with Crippen molar-refractivity contribution in [2.24, 2.45) is 0 Å². The average Bonchev–Trinajstić information content (AvgIpc) is 2.62. The van der Waals surface area contributed by atoms with E-state index in [1.165, 1.54) is 29.9 Å². The molecule has 0 radical (unpaired) electrons. The number of pyridine rings is 1. The molecule has 0 saturated heterocycles. The number of amides is 1. The molecule has 2 aromatic heterocycles. The third-order valence-electron chi connectivity index (χ3n) is 3.47. The van der Waals surface area contributed by atoms with Gasteiger partial charge in [-0.25, -0.2) is 14.5 Å². The Morgan fingerprint density at radius 2 is 2.12 bits per heavy atom. The molecule has 8 nitrogen and oxygen atoms in total. The lowest BCUT2D eigenvalue weighted by molar-refractivity contribution is -0.123. The van der Waals surface area contributed by atoms with E-state index in [4.69, 9.17) is 16.3 Å². The lowest BCUT2D eigenvalue weighted by Gasteiger charge is -2.14. The number of halogens is 1. The molecule has 1 N–H and O–H groups in total. The quantitative estimate of drug-likeness (QED) is 0.585. The van der Waals surface area contributed by atoms with Gasteiger partial charge in [-0.2, -0.15) is 5.10 Å². The number of ether oxygens (including phenoxy) is 1. The second-order valence-electron chi connectivity index (χ2n) is 5.51. The zero-order valence-electron chi connectivity index (χ0n) is 14.4. The van der Waals surface area contributed by atoms with Crippen LogP contribution in [0.5, 0.6) is 0 Å². The Bertz CT molecular complexity index is 853. The first kappa shape index (κ1) is 19.6. The number of rotatable bonds is 7. The summed E-state index contributed by atoms with van der Waals surface area (Å²) in [6.45, 7) is 3.81. The molecule has 9 heteroatoms. The van der Waals surface area contributed by atoms with Gasteiger partial charge in [-0.15, -0.1) is 0 Å². The minimum atomic E-state index is -1.09. The minimum Gasteiger partial charge on any atom is -0.448 e. The molecule has 1 unspecified atom stereocenters. The standard InChI is InChI=1S/C17H19ClN4O4/c1-3-4-10-22-14(23)8-7-13(21-22)17(25)26-11(2)16(24)20-12-6-5-9-19-15(12)18/h5-9,11H,3-4,10H2,1-2H3,(H,20,24). The van der Waals surface area contributed by atoms with Gasteiger partial charge in [-0.05, 0) is 31.5 Å². The van der Waals surface area contributed by atoms with Gasteiger partial charge in [-0.1, -0.05) is 24.9 Å². The van der Waals surface area contributed by atoms with Gasteiger partial charge in [0.05, 0.1) is 5.69 Å². The van der Waals surface area contributed by atoms with E-state index >= 15 is 0 Å². The summed E-state index contributed by atoms with van der Waals surface area (Å²) in [5.41, 5.74) is -0.0277. The first-order chi connectivity index (χ1) is 12.4. The Labute approximate surface area is 155 Å². The summed E-state index contributed by atoms with van der Waals surface area (Å²) < 4.78 is 6.33. The molecule has 0 bridgehead atoms. The van der Waals surface area contributed by atoms with Crippen molar-refractivity contribution in [2.75, 3.05) is 5.32 Å². The van der Waals surface area contributed by atoms with Crippen LogP contribution in [0.4, 0.5) is 5.69 Å². The number of esters is 1. The lowest BCUT2D eigenvalue weighted by atomic mass is 10.3. The van der Waals surface area contributed by atoms with Crippen molar-refractivity contribution >= 4 is 29.2 Å². The number of unbranched alkanes of at least 4 members (excludes halogenated alkanes) is 1. The van der Waals surface area contributed by atoms with E-state index < -0.39 is 18.0 Å². The van der Waals surface area contributed by atoms with Gasteiger partial charge in [0.1, 0.15) is 0 Å². The van der Waals surface area contributed by atoms with Gasteiger partial charge in [0.15, 0.2) is 17.0 Å². The maximum Gasteiger partial charge on any atom is 0.359 e. The number of hydrogen-bond acceptors (Lipinski definition) is 6. The number of carbonyl (C=O) groups is 2. The summed E-state index contributed by atoms with van der Waals surface area (Å²) >= 11 is 5.87. The maximum absolute atomic E-state index is 12.2. The number of nitrogens with zero attached hydrogens (tertiary/aromatic N) is 3. The smallest absolute Gasteiger partial charge is 0.359 e. The number of hydrogen-bond donors (Lipinski definition) is 1. The Kier molecular flexibility index (Phi) is 6.85. The third-order valence-corrected chi connectivity index (χ3v) is 3.77. The molecule has 2 aromatic rings. The molecule has 0 aliphatic carbocycles. The second-order valence-corrected chi connectivity index (χ2v) is 5.87. The molecular formula is C17H19ClN4O4. The number of carbonyl (C=O) groups excluding carboxylic acids is 2. The van der Waals surface area contributed by atoms with Crippen molar-refractivity contribution in [1.29, 1.82) is 0 Å². The molecule has 2 heterocycles. The van der Waals surface area contributed by atoms with E-state index in [2.05, 4.69) is 15.4 Å². The summed E-state index contributed by atoms with van der Waals surface area (Å²) in [7, 11) is 0. The van der Waals surface area contributed by atoms with Crippen LogP contribution < -0.4 is 10.9 Å². The fraction of sp³-hybridized carbons (Fsp3) is 0.353. The normalized spacial score (nSPS) is 11.7. The molecule has 2 rings (SSSR count). The number of aryl methyl sites for hydroxylation is 1. The predicted molar refractivity (Wildman–Crippen MR) is 96.2 cm³/mol. The lowest BCUT2D eigenvalue weighted by Crippen LogP contribution is -2.31. The fourth-order valence-corrected chi connectivity index (χ4v) is 2.18. The zero-order valence-corrected chi connectivity index (χ0v) is 15.2. The van der Waals surface area contributed by atoms with Gasteiger partial charge in [-0.3, -0.25) is 9.59 Å². The molecule has 0 fully saturated rings. The van der Waals surface area contributed by atoms with E-state index in [0.717, 1.165) is 12.8 Å². The van der Waals surface area contributed by atoms with E-state index in [-0.39, 0.29) is 16.4 Å². The van der Waals surface area contributed by atoms with Crippen LogP contribution in [-0.4, -0.2) is 32.7 Å². The first-order valence-corrected chi connectivity index (χ1v) is 8.50. The van der Waals surface area contributed by atoms with Crippen molar-refractivity contribution in [3.05, 3.63) is 51.7 Å². The zero-order chi connectivity index (χ0) is 19.1. The van der Waals surface area contributed by atoms with Gasteiger partial charge in [0.2, 0.25) is 0 Å². The number of aromatic nitrogens is 3. The minimum absolute atomic E-state index is 0.0419. The predicted octanol–water partition coefficient (Wildman–Crippen LogP) is 2.28. The van der Waals surface area contributed by atoms with Gasteiger partial charge < -0.3 is 10.1 Å². The molecule has 26 heavy (non-hydrogen) atoms. The Morgan fingerprint density at radius 3 is 2.81 bits per heavy atom. The summed E-state index contributed by atoms with van der Waals surface area (Å²) in [6.07, 6.45) is 2.05. The van der Waals surface area contributed by atoms with Crippen molar-refractivity contribution in [1.82, 2.24) is 14.8 Å². The molecule has 0 saturated carbocycles. The highest BCUT2D eigenvalue weighted by Gasteiger charge is 2.21. The van der Waals surface area contributed by atoms with Crippen molar-refractivity contribution < 1.29 is 14.3 Å². The monoisotopic (exact) mass is 378 g/mol. The SMILES string of the molecule is CCCCn1nc(C(=O)OC(C)C(=O)Nc2cccnc2Cl)ccc1=O. The van der Waals surface area contributed by atoms with Crippen LogP contribution in [0.2, 0.25) is 5.15 Å². The Hall–Kier alpha value is -2.74. The van der Waals surface area contributed by atoms with Crippen molar-refractivity contribution in [3.63, 3.8) is 0 Å². The van der Waals surface area contributed by atoms with Gasteiger partial charge >= 0.3 is 5.97 Å². The molecule has 0 aliphatic rings. The average molecular weight is 379 g/mol. The summed E-state index contributed by atoms with van der Waals surface area (Å²) in [5, 5.41) is 6.64. The van der Waals surface area contributed by atoms with Gasteiger partial charge in [0, 0.05) is 18.8 Å². The van der Waals surface area contributed by atoms with Crippen molar-refractivity contribution in [3.8, 4) is 0 Å². The summed E-state index contributed by atoms with van der Waals surface area (Å²) in [5.74, 6) is -1.36. The summed E-state index contributed by atoms with van der Waals surface area (Å²) in [6, 6.07) is 5.71. The topological polar surface area (TPSA) is 103 Å².